The van der Waals surface area contributed by atoms with Gasteiger partial charge in [0.2, 0.25) is 5.91 Å². The largest absolute Gasteiger partial charge is 0.341 e. The smallest absolute Gasteiger partial charge is 0.269 e. The zero-order valence-electron chi connectivity index (χ0n) is 9.86. The highest BCUT2D eigenvalue weighted by Gasteiger charge is 2.17. The van der Waals surface area contributed by atoms with Crippen molar-refractivity contribution in [3.05, 3.63) is 32.7 Å². The fraction of sp³-hybridized carbons (Fsp3) is 0.500. The molecule has 0 aromatic carbocycles. The number of likely N-dealkylation sites (tertiary alicyclic amines) is 1. The molecule has 0 N–H and O–H groups in total. The number of carbonyl (C=O) groups is 1. The summed E-state index contributed by atoms with van der Waals surface area (Å²) in [4.78, 5) is 25.5. The Labute approximate surface area is 115 Å². The zero-order chi connectivity index (χ0) is 13.1. The lowest BCUT2D eigenvalue weighted by Crippen LogP contribution is -2.39. The van der Waals surface area contributed by atoms with Gasteiger partial charge in [-0.15, -0.1) is 0 Å². The molecule has 2 rings (SSSR count). The van der Waals surface area contributed by atoms with E-state index < -0.39 is 0 Å². The number of carbonyl (C=O) groups excluding carboxylic acids is 1. The van der Waals surface area contributed by atoms with E-state index in [0.717, 1.165) is 32.4 Å². The number of piperidine rings is 1. The van der Waals surface area contributed by atoms with Crippen LogP contribution in [-0.2, 0) is 11.3 Å². The number of amides is 1. The van der Waals surface area contributed by atoms with Crippen molar-refractivity contribution < 1.29 is 4.79 Å². The van der Waals surface area contributed by atoms with Gasteiger partial charge >= 0.3 is 0 Å². The van der Waals surface area contributed by atoms with Crippen LogP contribution in [0.3, 0.4) is 0 Å². The van der Waals surface area contributed by atoms with Crippen molar-refractivity contribution in [2.75, 3.05) is 13.1 Å². The fourth-order valence-electron chi connectivity index (χ4n) is 2.07. The molecule has 1 aliphatic heterocycles. The van der Waals surface area contributed by atoms with Crippen LogP contribution in [0, 0.1) is 0 Å². The molecule has 0 spiro atoms. The average Bonchev–Trinajstić information content (AvgIpc) is 2.36. The molecule has 18 heavy (non-hydrogen) atoms. The van der Waals surface area contributed by atoms with Crippen molar-refractivity contribution in [3.63, 3.8) is 0 Å². The van der Waals surface area contributed by atoms with Gasteiger partial charge in [-0.2, -0.15) is 0 Å². The topological polar surface area (TPSA) is 42.3 Å². The maximum Gasteiger partial charge on any atom is 0.269 e. The molecule has 1 fully saturated rings. The van der Waals surface area contributed by atoms with Crippen LogP contribution in [0.1, 0.15) is 19.3 Å². The van der Waals surface area contributed by atoms with Crippen molar-refractivity contribution >= 4 is 29.1 Å². The second kappa shape index (κ2) is 5.76. The zero-order valence-corrected chi connectivity index (χ0v) is 11.4. The van der Waals surface area contributed by atoms with E-state index in [-0.39, 0.29) is 23.0 Å². The number of hydrogen-bond donors (Lipinski definition) is 0. The predicted molar refractivity (Wildman–Crippen MR) is 71.2 cm³/mol. The number of pyridine rings is 1. The summed E-state index contributed by atoms with van der Waals surface area (Å²) in [6.07, 6.45) is 4.65. The third-order valence-corrected chi connectivity index (χ3v) is 3.50. The summed E-state index contributed by atoms with van der Waals surface area (Å²) in [6.45, 7) is 1.53. The third-order valence-electron chi connectivity index (χ3n) is 3.02. The molecule has 6 heteroatoms. The van der Waals surface area contributed by atoms with E-state index in [1.807, 2.05) is 0 Å². The summed E-state index contributed by atoms with van der Waals surface area (Å²) in [5.41, 5.74) is -0.383. The van der Waals surface area contributed by atoms with E-state index in [1.165, 1.54) is 16.8 Å². The van der Waals surface area contributed by atoms with Crippen molar-refractivity contribution in [2.24, 2.45) is 0 Å². The highest BCUT2D eigenvalue weighted by atomic mass is 35.5. The van der Waals surface area contributed by atoms with Gasteiger partial charge in [0.05, 0.1) is 5.02 Å². The van der Waals surface area contributed by atoms with Crippen LogP contribution in [0.4, 0.5) is 0 Å². The van der Waals surface area contributed by atoms with E-state index >= 15 is 0 Å². The molecule has 1 aliphatic rings. The number of aromatic nitrogens is 1. The average molecular weight is 289 g/mol. The summed E-state index contributed by atoms with van der Waals surface area (Å²) in [5, 5.41) is 0.389. The van der Waals surface area contributed by atoms with E-state index in [1.54, 1.807) is 4.90 Å². The van der Waals surface area contributed by atoms with E-state index in [0.29, 0.717) is 5.02 Å². The molecule has 1 aromatic heterocycles. The van der Waals surface area contributed by atoms with E-state index in [9.17, 15) is 9.59 Å². The number of hydrogen-bond acceptors (Lipinski definition) is 2. The number of halogens is 2. The first-order chi connectivity index (χ1) is 8.58. The molecule has 1 aromatic rings. The number of rotatable bonds is 2. The lowest BCUT2D eigenvalue weighted by Gasteiger charge is -2.26. The van der Waals surface area contributed by atoms with Crippen LogP contribution in [0.15, 0.2) is 17.1 Å². The molecule has 4 nitrogen and oxygen atoms in total. The Morgan fingerprint density at radius 2 is 1.89 bits per heavy atom. The van der Waals surface area contributed by atoms with E-state index in [4.69, 9.17) is 23.2 Å². The minimum atomic E-state index is -0.383. The van der Waals surface area contributed by atoms with Crippen LogP contribution in [0.5, 0.6) is 0 Å². The van der Waals surface area contributed by atoms with Gasteiger partial charge in [-0.3, -0.25) is 9.59 Å². The van der Waals surface area contributed by atoms with Crippen LogP contribution in [0.25, 0.3) is 0 Å². The maximum atomic E-state index is 12.0. The molecule has 0 saturated carbocycles. The highest BCUT2D eigenvalue weighted by Crippen LogP contribution is 2.12. The molecular formula is C12H14Cl2N2O2. The molecule has 0 bridgehead atoms. The molecule has 2 heterocycles. The highest BCUT2D eigenvalue weighted by molar-refractivity contribution is 6.34. The Morgan fingerprint density at radius 1 is 1.22 bits per heavy atom. The summed E-state index contributed by atoms with van der Waals surface area (Å²) < 4.78 is 1.27. The Kier molecular flexibility index (Phi) is 4.30. The summed E-state index contributed by atoms with van der Waals surface area (Å²) in [6, 6.07) is 1.38. The summed E-state index contributed by atoms with van der Waals surface area (Å²) in [5.74, 6) is -0.0601. The van der Waals surface area contributed by atoms with Gasteiger partial charge in [0.25, 0.3) is 5.56 Å². The van der Waals surface area contributed by atoms with Crippen LogP contribution in [-0.4, -0.2) is 28.5 Å². The quantitative estimate of drug-likeness (QED) is 0.837. The lowest BCUT2D eigenvalue weighted by molar-refractivity contribution is -0.132. The molecule has 98 valence electrons. The molecule has 0 radical (unpaired) electrons. The normalized spacial score (nSPS) is 15.8. The van der Waals surface area contributed by atoms with Gasteiger partial charge in [-0.1, -0.05) is 23.2 Å². The Balaban J connectivity index is 2.13. The molecule has 0 unspecified atom stereocenters. The van der Waals surface area contributed by atoms with Crippen molar-refractivity contribution in [2.45, 2.75) is 25.8 Å². The van der Waals surface area contributed by atoms with Gasteiger partial charge in [0, 0.05) is 19.3 Å². The second-order valence-electron chi connectivity index (χ2n) is 4.38. The van der Waals surface area contributed by atoms with Gasteiger partial charge in [0.15, 0.2) is 0 Å². The first-order valence-corrected chi connectivity index (χ1v) is 6.67. The monoisotopic (exact) mass is 288 g/mol. The van der Waals surface area contributed by atoms with Crippen molar-refractivity contribution in [1.82, 2.24) is 9.47 Å². The van der Waals surface area contributed by atoms with E-state index in [2.05, 4.69) is 0 Å². The lowest BCUT2D eigenvalue weighted by atomic mass is 10.1. The van der Waals surface area contributed by atoms with Gasteiger partial charge in [-0.25, -0.2) is 0 Å². The van der Waals surface area contributed by atoms with Gasteiger partial charge in [-0.05, 0) is 25.3 Å². The second-order valence-corrected chi connectivity index (χ2v) is 5.22. The first-order valence-electron chi connectivity index (χ1n) is 5.91. The molecule has 1 amide bonds. The summed E-state index contributed by atoms with van der Waals surface area (Å²) in [7, 11) is 0. The van der Waals surface area contributed by atoms with Crippen LogP contribution >= 0.6 is 23.2 Å². The van der Waals surface area contributed by atoms with Gasteiger partial charge in [0.1, 0.15) is 11.6 Å². The summed E-state index contributed by atoms with van der Waals surface area (Å²) >= 11 is 11.6. The standard InChI is InChI=1S/C12H14Cl2N2O2/c13-9-6-10(14)12(18)16(7-9)8-11(17)15-4-2-1-3-5-15/h6-7H,1-5,8H2. The third kappa shape index (κ3) is 3.06. The maximum absolute atomic E-state index is 12.0. The first kappa shape index (κ1) is 13.4. The SMILES string of the molecule is O=C(Cn1cc(Cl)cc(Cl)c1=O)N1CCCCC1. The fourth-order valence-corrected chi connectivity index (χ4v) is 2.58. The van der Waals surface area contributed by atoms with Crippen molar-refractivity contribution in [1.29, 1.82) is 0 Å². The molecular weight excluding hydrogens is 275 g/mol. The Hall–Kier alpha value is -1.00. The van der Waals surface area contributed by atoms with Crippen molar-refractivity contribution in [3.8, 4) is 0 Å². The van der Waals surface area contributed by atoms with Crippen LogP contribution in [0.2, 0.25) is 10.0 Å². The van der Waals surface area contributed by atoms with Gasteiger partial charge < -0.3 is 9.47 Å². The Bertz CT molecular complexity index is 507. The minimum absolute atomic E-state index is 0.000880. The minimum Gasteiger partial charge on any atom is -0.341 e. The molecule has 1 saturated heterocycles. The molecule has 0 aliphatic carbocycles. The predicted octanol–water partition coefficient (Wildman–Crippen LogP) is 2.17. The number of nitrogens with zero attached hydrogens (tertiary/aromatic N) is 2. The Morgan fingerprint density at radius 3 is 2.56 bits per heavy atom. The molecule has 0 atom stereocenters. The van der Waals surface area contributed by atoms with Crippen LogP contribution < -0.4 is 5.56 Å².